The minimum absolute atomic E-state index is 0.0532. The van der Waals surface area contributed by atoms with Crippen LogP contribution in [0.2, 0.25) is 0 Å². The van der Waals surface area contributed by atoms with Crippen molar-refractivity contribution in [2.45, 2.75) is 6.92 Å². The highest BCUT2D eigenvalue weighted by atomic mass is 16.5. The van der Waals surface area contributed by atoms with Gasteiger partial charge in [0.25, 0.3) is 5.91 Å². The second kappa shape index (κ2) is 8.69. The van der Waals surface area contributed by atoms with Crippen LogP contribution in [0.4, 0.5) is 11.4 Å². The average Bonchev–Trinajstić information content (AvgIpc) is 2.60. The van der Waals surface area contributed by atoms with Gasteiger partial charge in [0.1, 0.15) is 12.4 Å². The lowest BCUT2D eigenvalue weighted by molar-refractivity contribution is -0.120. The van der Waals surface area contributed by atoms with Crippen LogP contribution in [-0.4, -0.2) is 32.1 Å². The molecule has 0 aromatic heterocycles. The molecular weight excluding hydrogens is 308 g/mol. The van der Waals surface area contributed by atoms with Crippen molar-refractivity contribution >= 4 is 23.2 Å². The molecule has 0 aliphatic heterocycles. The molecule has 0 unspecified atom stereocenters. The lowest BCUT2D eigenvalue weighted by Gasteiger charge is -2.12. The van der Waals surface area contributed by atoms with Gasteiger partial charge in [0.2, 0.25) is 5.91 Å². The Hall–Kier alpha value is -2.86. The van der Waals surface area contributed by atoms with Crippen LogP contribution in [0.3, 0.4) is 0 Å². The van der Waals surface area contributed by atoms with Crippen molar-refractivity contribution in [1.82, 2.24) is 0 Å². The summed E-state index contributed by atoms with van der Waals surface area (Å²) in [5.74, 6) is 0.0140. The maximum atomic E-state index is 12.5. The number of ether oxygens (including phenoxy) is 2. The van der Waals surface area contributed by atoms with Crippen molar-refractivity contribution in [3.8, 4) is 5.75 Å². The van der Waals surface area contributed by atoms with Crippen LogP contribution in [0.1, 0.15) is 17.3 Å². The van der Waals surface area contributed by atoms with E-state index in [4.69, 9.17) is 9.47 Å². The Morgan fingerprint density at radius 3 is 2.58 bits per heavy atom. The summed E-state index contributed by atoms with van der Waals surface area (Å²) in [4.78, 5) is 24.3. The third-order valence-electron chi connectivity index (χ3n) is 3.21. The van der Waals surface area contributed by atoms with Crippen LogP contribution < -0.4 is 15.4 Å². The van der Waals surface area contributed by atoms with Crippen molar-refractivity contribution in [3.05, 3.63) is 54.1 Å². The molecule has 2 aromatic rings. The minimum Gasteiger partial charge on any atom is -0.497 e. The molecule has 0 aliphatic rings. The van der Waals surface area contributed by atoms with Gasteiger partial charge in [-0.15, -0.1) is 0 Å². The number of anilines is 2. The van der Waals surface area contributed by atoms with Gasteiger partial charge in [-0.3, -0.25) is 9.59 Å². The first-order valence-electron chi connectivity index (χ1n) is 7.56. The Kier molecular flexibility index (Phi) is 6.33. The molecule has 0 radical (unpaired) electrons. The maximum Gasteiger partial charge on any atom is 0.257 e. The van der Waals surface area contributed by atoms with Gasteiger partial charge in [-0.05, 0) is 31.2 Å². The molecule has 2 amide bonds. The van der Waals surface area contributed by atoms with E-state index in [1.54, 1.807) is 55.6 Å². The van der Waals surface area contributed by atoms with E-state index in [2.05, 4.69) is 10.6 Å². The second-order valence-corrected chi connectivity index (χ2v) is 4.92. The van der Waals surface area contributed by atoms with Crippen molar-refractivity contribution < 1.29 is 19.1 Å². The molecule has 0 heterocycles. The van der Waals surface area contributed by atoms with E-state index in [9.17, 15) is 9.59 Å². The molecule has 0 atom stereocenters. The molecule has 6 nitrogen and oxygen atoms in total. The number of para-hydroxylation sites is 1. The van der Waals surface area contributed by atoms with Crippen LogP contribution in [0.5, 0.6) is 5.75 Å². The van der Waals surface area contributed by atoms with Crippen molar-refractivity contribution in [2.75, 3.05) is 31.0 Å². The second-order valence-electron chi connectivity index (χ2n) is 4.92. The van der Waals surface area contributed by atoms with Gasteiger partial charge in [0.15, 0.2) is 0 Å². The number of rotatable bonds is 7. The summed E-state index contributed by atoms with van der Waals surface area (Å²) in [5.41, 5.74) is 1.41. The first kappa shape index (κ1) is 17.5. The number of benzene rings is 2. The molecule has 2 N–H and O–H groups in total. The third-order valence-corrected chi connectivity index (χ3v) is 3.21. The predicted octanol–water partition coefficient (Wildman–Crippen LogP) is 2.92. The summed E-state index contributed by atoms with van der Waals surface area (Å²) >= 11 is 0. The maximum absolute atomic E-state index is 12.5. The molecule has 24 heavy (non-hydrogen) atoms. The van der Waals surface area contributed by atoms with E-state index in [-0.39, 0.29) is 18.4 Å². The summed E-state index contributed by atoms with van der Waals surface area (Å²) in [6.07, 6.45) is 0. The quantitative estimate of drug-likeness (QED) is 0.819. The fourth-order valence-electron chi connectivity index (χ4n) is 2.07. The van der Waals surface area contributed by atoms with Gasteiger partial charge in [-0.1, -0.05) is 18.2 Å². The summed E-state index contributed by atoms with van der Waals surface area (Å²) in [6.45, 7) is 2.20. The first-order valence-corrected chi connectivity index (χ1v) is 7.56. The average molecular weight is 328 g/mol. The van der Waals surface area contributed by atoms with Gasteiger partial charge in [0, 0.05) is 18.4 Å². The van der Waals surface area contributed by atoms with Gasteiger partial charge < -0.3 is 20.1 Å². The fourth-order valence-corrected chi connectivity index (χ4v) is 2.07. The van der Waals surface area contributed by atoms with E-state index >= 15 is 0 Å². The molecule has 6 heteroatoms. The van der Waals surface area contributed by atoms with E-state index < -0.39 is 0 Å². The summed E-state index contributed by atoms with van der Waals surface area (Å²) in [7, 11) is 1.56. The Bertz CT molecular complexity index is 716. The van der Waals surface area contributed by atoms with Gasteiger partial charge in [0.05, 0.1) is 18.4 Å². The molecule has 0 bridgehead atoms. The summed E-state index contributed by atoms with van der Waals surface area (Å²) in [6, 6.07) is 13.8. The largest absolute Gasteiger partial charge is 0.497 e. The molecule has 2 rings (SSSR count). The molecule has 0 spiro atoms. The zero-order valence-electron chi connectivity index (χ0n) is 13.7. The first-order chi connectivity index (χ1) is 11.6. The van der Waals surface area contributed by atoms with Crippen LogP contribution in [-0.2, 0) is 9.53 Å². The number of carbonyl (C=O) groups is 2. The zero-order valence-corrected chi connectivity index (χ0v) is 13.7. The molecular formula is C18H20N2O4. The summed E-state index contributed by atoms with van der Waals surface area (Å²) in [5, 5.41) is 5.47. The number of nitrogens with one attached hydrogen (secondary N) is 2. The van der Waals surface area contributed by atoms with Crippen molar-refractivity contribution in [1.29, 1.82) is 0 Å². The third kappa shape index (κ3) is 4.82. The Morgan fingerprint density at radius 1 is 1.04 bits per heavy atom. The number of hydrogen-bond donors (Lipinski definition) is 2. The van der Waals surface area contributed by atoms with Crippen LogP contribution in [0.25, 0.3) is 0 Å². The molecule has 0 fully saturated rings. The molecule has 126 valence electrons. The van der Waals surface area contributed by atoms with Gasteiger partial charge in [-0.2, -0.15) is 0 Å². The summed E-state index contributed by atoms with van der Waals surface area (Å²) < 4.78 is 10.2. The molecule has 2 aromatic carbocycles. The van der Waals surface area contributed by atoms with E-state index in [1.165, 1.54) is 0 Å². The van der Waals surface area contributed by atoms with E-state index in [0.717, 1.165) is 0 Å². The van der Waals surface area contributed by atoms with Gasteiger partial charge >= 0.3 is 0 Å². The van der Waals surface area contributed by atoms with Gasteiger partial charge in [-0.25, -0.2) is 0 Å². The molecule has 0 aliphatic carbocycles. The number of methoxy groups -OCH3 is 1. The SMILES string of the molecule is CCOCC(=O)Nc1ccccc1C(=O)Nc1cccc(OC)c1. The number of amides is 2. The van der Waals surface area contributed by atoms with E-state index in [0.29, 0.717) is 29.3 Å². The smallest absolute Gasteiger partial charge is 0.257 e. The Labute approximate surface area is 140 Å². The molecule has 0 saturated heterocycles. The van der Waals surface area contributed by atoms with Crippen molar-refractivity contribution in [2.24, 2.45) is 0 Å². The van der Waals surface area contributed by atoms with E-state index in [1.807, 2.05) is 6.92 Å². The van der Waals surface area contributed by atoms with Crippen LogP contribution in [0, 0.1) is 0 Å². The highest BCUT2D eigenvalue weighted by Gasteiger charge is 2.13. The predicted molar refractivity (Wildman–Crippen MR) is 92.5 cm³/mol. The van der Waals surface area contributed by atoms with Crippen molar-refractivity contribution in [3.63, 3.8) is 0 Å². The topological polar surface area (TPSA) is 76.7 Å². The normalized spacial score (nSPS) is 10.1. The molecule has 0 saturated carbocycles. The van der Waals surface area contributed by atoms with Crippen LogP contribution >= 0.6 is 0 Å². The lowest BCUT2D eigenvalue weighted by atomic mass is 10.1. The minimum atomic E-state index is -0.324. The highest BCUT2D eigenvalue weighted by molar-refractivity contribution is 6.10. The Balaban J connectivity index is 2.12. The number of hydrogen-bond acceptors (Lipinski definition) is 4. The highest BCUT2D eigenvalue weighted by Crippen LogP contribution is 2.20. The lowest BCUT2D eigenvalue weighted by Crippen LogP contribution is -2.21. The van der Waals surface area contributed by atoms with Crippen LogP contribution in [0.15, 0.2) is 48.5 Å². The zero-order chi connectivity index (χ0) is 17.4. The standard InChI is InChI=1S/C18H20N2O4/c1-3-24-12-17(21)20-16-10-5-4-9-15(16)18(22)19-13-7-6-8-14(11-13)23-2/h4-11H,3,12H2,1-2H3,(H,19,22)(H,20,21). The fraction of sp³-hybridized carbons (Fsp3) is 0.222. The number of carbonyl (C=O) groups excluding carboxylic acids is 2. The Morgan fingerprint density at radius 2 is 1.83 bits per heavy atom. The monoisotopic (exact) mass is 328 g/mol.